The Bertz CT molecular complexity index is 1600. The first-order chi connectivity index (χ1) is 20.2. The number of hydrogen-bond donors (Lipinski definition) is 2. The van der Waals surface area contributed by atoms with Crippen LogP contribution in [-0.4, -0.2) is 24.2 Å². The number of rotatable bonds is 12. The number of aliphatic imine (C=N–C) groups is 1. The van der Waals surface area contributed by atoms with E-state index in [1.165, 1.54) is 12.8 Å². The number of esters is 1. The minimum atomic E-state index is -0.355. The Morgan fingerprint density at radius 1 is 1.02 bits per heavy atom. The molecule has 42 heavy (non-hydrogen) atoms. The highest BCUT2D eigenvalue weighted by atomic mass is 16.5. The fourth-order valence-electron chi connectivity index (χ4n) is 5.83. The zero-order valence-electron chi connectivity index (χ0n) is 25.1. The number of nitrogens with two attached hydrogens (primary N) is 1. The molecule has 5 rings (SSSR count). The first-order valence-electron chi connectivity index (χ1n) is 15.1. The Kier molecular flexibility index (Phi) is 8.62. The van der Waals surface area contributed by atoms with Crippen molar-refractivity contribution in [3.8, 4) is 11.5 Å². The van der Waals surface area contributed by atoms with Crippen LogP contribution in [0.3, 0.4) is 0 Å². The molecule has 0 unspecified atom stereocenters. The molecule has 0 bridgehead atoms. The molecule has 0 amide bonds. The van der Waals surface area contributed by atoms with Crippen molar-refractivity contribution in [3.63, 3.8) is 0 Å². The molecule has 0 fully saturated rings. The molecule has 3 aromatic carbocycles. The minimum absolute atomic E-state index is 0.0345. The summed E-state index contributed by atoms with van der Waals surface area (Å²) in [5.41, 5.74) is 10.5. The van der Waals surface area contributed by atoms with Gasteiger partial charge in [-0.1, -0.05) is 89.8 Å². The summed E-state index contributed by atoms with van der Waals surface area (Å²) in [7, 11) is 0. The monoisotopic (exact) mass is 563 g/mol. The molecule has 1 aliphatic heterocycles. The zero-order chi connectivity index (χ0) is 29.9. The quantitative estimate of drug-likeness (QED) is 0.170. The Balaban J connectivity index is 1.68. The minimum Gasteiger partial charge on any atom is -0.462 e. The van der Waals surface area contributed by atoms with Gasteiger partial charge in [-0.2, -0.15) is 0 Å². The van der Waals surface area contributed by atoms with Crippen LogP contribution in [0.4, 0.5) is 0 Å². The summed E-state index contributed by atoms with van der Waals surface area (Å²) < 4.78 is 12.2. The van der Waals surface area contributed by atoms with Crippen LogP contribution in [-0.2, 0) is 10.2 Å². The van der Waals surface area contributed by atoms with Gasteiger partial charge in [0.2, 0.25) is 0 Å². The van der Waals surface area contributed by atoms with Gasteiger partial charge in [-0.25, -0.2) is 9.79 Å². The number of carbonyl (C=O) groups is 1. The largest absolute Gasteiger partial charge is 0.462 e. The van der Waals surface area contributed by atoms with Crippen LogP contribution < -0.4 is 10.5 Å². The molecule has 3 N–H and O–H groups in total. The molecule has 0 saturated carbocycles. The molecule has 2 aliphatic rings. The van der Waals surface area contributed by atoms with Gasteiger partial charge in [0.15, 0.2) is 5.84 Å². The average Bonchev–Trinajstić information content (AvgIpc) is 3.60. The van der Waals surface area contributed by atoms with Crippen molar-refractivity contribution in [1.29, 1.82) is 5.41 Å². The predicted molar refractivity (Wildman–Crippen MR) is 171 cm³/mol. The van der Waals surface area contributed by atoms with Gasteiger partial charge >= 0.3 is 5.97 Å². The molecule has 3 aromatic rings. The third-order valence-electron chi connectivity index (χ3n) is 8.28. The summed E-state index contributed by atoms with van der Waals surface area (Å²) in [6.45, 7) is 9.24. The SMILES string of the molecule is CCCCCC(C)(C)c1cc(Oc2cccc(C(=O)OCCCC)c2)c2c(C3C=CC=C3)c3c(cc2c1)C(=N)N=C3N. The summed E-state index contributed by atoms with van der Waals surface area (Å²) in [6.07, 6.45) is 14.6. The summed E-state index contributed by atoms with van der Waals surface area (Å²) >= 11 is 0. The van der Waals surface area contributed by atoms with E-state index in [2.05, 4.69) is 57.0 Å². The van der Waals surface area contributed by atoms with Gasteiger partial charge in [0, 0.05) is 22.4 Å². The third-order valence-corrected chi connectivity index (χ3v) is 8.28. The topological polar surface area (TPSA) is 97.8 Å². The lowest BCUT2D eigenvalue weighted by Crippen LogP contribution is -2.18. The Morgan fingerprint density at radius 3 is 2.52 bits per heavy atom. The number of amidine groups is 2. The van der Waals surface area contributed by atoms with Crippen LogP contribution in [0.25, 0.3) is 10.8 Å². The maximum atomic E-state index is 12.7. The number of unbranched alkanes of at least 4 members (excludes halogenated alkanes) is 3. The summed E-state index contributed by atoms with van der Waals surface area (Å²) in [5.74, 6) is 1.40. The highest BCUT2D eigenvalue weighted by Gasteiger charge is 2.31. The Hall–Kier alpha value is -4.19. The lowest BCUT2D eigenvalue weighted by molar-refractivity contribution is 0.0499. The second-order valence-electron chi connectivity index (χ2n) is 11.9. The molecule has 0 radical (unpaired) electrons. The van der Waals surface area contributed by atoms with Crippen molar-refractivity contribution in [2.75, 3.05) is 6.61 Å². The van der Waals surface area contributed by atoms with Gasteiger partial charge in [-0.3, -0.25) is 5.41 Å². The van der Waals surface area contributed by atoms with E-state index in [0.717, 1.165) is 58.7 Å². The molecular weight excluding hydrogens is 522 g/mol. The van der Waals surface area contributed by atoms with Crippen molar-refractivity contribution >= 4 is 28.4 Å². The van der Waals surface area contributed by atoms with Gasteiger partial charge in [-0.05, 0) is 65.1 Å². The van der Waals surface area contributed by atoms with E-state index >= 15 is 0 Å². The van der Waals surface area contributed by atoms with Gasteiger partial charge in [0.05, 0.1) is 12.2 Å². The van der Waals surface area contributed by atoms with Crippen molar-refractivity contribution in [3.05, 3.63) is 94.6 Å². The number of benzene rings is 3. The number of nitrogens with one attached hydrogen (secondary N) is 1. The maximum absolute atomic E-state index is 12.7. The van der Waals surface area contributed by atoms with E-state index in [-0.39, 0.29) is 23.1 Å². The fraction of sp³-hybridized carbons (Fsp3) is 0.361. The van der Waals surface area contributed by atoms with Gasteiger partial charge in [-0.15, -0.1) is 0 Å². The molecular formula is C36H41N3O3. The van der Waals surface area contributed by atoms with Crippen LogP contribution in [0.1, 0.15) is 105 Å². The average molecular weight is 564 g/mol. The highest BCUT2D eigenvalue weighted by Crippen LogP contribution is 2.45. The van der Waals surface area contributed by atoms with Crippen molar-refractivity contribution < 1.29 is 14.3 Å². The van der Waals surface area contributed by atoms with Crippen LogP contribution in [0.2, 0.25) is 0 Å². The normalized spacial score (nSPS) is 14.5. The van der Waals surface area contributed by atoms with Crippen LogP contribution in [0.5, 0.6) is 11.5 Å². The Morgan fingerprint density at radius 2 is 1.79 bits per heavy atom. The molecule has 1 aliphatic carbocycles. The Labute approximate surface area is 248 Å². The van der Waals surface area contributed by atoms with E-state index in [9.17, 15) is 4.79 Å². The second-order valence-corrected chi connectivity index (χ2v) is 11.9. The zero-order valence-corrected chi connectivity index (χ0v) is 25.1. The maximum Gasteiger partial charge on any atom is 0.338 e. The molecule has 0 aromatic heterocycles. The molecule has 218 valence electrons. The van der Waals surface area contributed by atoms with E-state index in [4.69, 9.17) is 20.6 Å². The lowest BCUT2D eigenvalue weighted by Gasteiger charge is -2.28. The number of nitrogens with zero attached hydrogens (tertiary/aromatic N) is 1. The molecule has 0 saturated heterocycles. The lowest BCUT2D eigenvalue weighted by atomic mass is 9.78. The smallest absolute Gasteiger partial charge is 0.338 e. The number of ether oxygens (including phenoxy) is 2. The first-order valence-corrected chi connectivity index (χ1v) is 15.1. The van der Waals surface area contributed by atoms with Crippen molar-refractivity contribution in [1.82, 2.24) is 0 Å². The summed E-state index contributed by atoms with van der Waals surface area (Å²) in [4.78, 5) is 17.1. The number of fused-ring (bicyclic) bond motifs is 2. The first kappa shape index (κ1) is 29.3. The number of carbonyl (C=O) groups excluding carboxylic acids is 1. The fourth-order valence-corrected chi connectivity index (χ4v) is 5.83. The standard InChI is InChI=1S/C36H41N3O3/c1-5-7-11-17-36(3,4)26-19-25-21-28-32(34(38)39-33(28)37)31(23-13-9-10-14-23)30(25)29(22-26)42-27-16-12-15-24(20-27)35(40)41-18-8-6-2/h9-10,12-16,19-23H,5-8,11,17-18H2,1-4H3,(H3,37,38,39). The molecule has 0 atom stereocenters. The second kappa shape index (κ2) is 12.4. The summed E-state index contributed by atoms with van der Waals surface area (Å²) in [5, 5.41) is 10.5. The number of allylic oxidation sites excluding steroid dienone is 4. The van der Waals surface area contributed by atoms with Crippen LogP contribution >= 0.6 is 0 Å². The van der Waals surface area contributed by atoms with E-state index in [1.807, 2.05) is 30.4 Å². The van der Waals surface area contributed by atoms with Gasteiger partial charge in [0.25, 0.3) is 0 Å². The van der Waals surface area contributed by atoms with Gasteiger partial charge < -0.3 is 15.2 Å². The van der Waals surface area contributed by atoms with E-state index in [0.29, 0.717) is 29.5 Å². The number of hydrogen-bond acceptors (Lipinski definition) is 5. The van der Waals surface area contributed by atoms with Gasteiger partial charge in [0.1, 0.15) is 17.3 Å². The molecule has 6 nitrogen and oxygen atoms in total. The van der Waals surface area contributed by atoms with Crippen molar-refractivity contribution in [2.45, 2.75) is 77.6 Å². The highest BCUT2D eigenvalue weighted by molar-refractivity contribution is 6.24. The third kappa shape index (κ3) is 5.89. The van der Waals surface area contributed by atoms with Crippen molar-refractivity contribution in [2.24, 2.45) is 10.7 Å². The summed E-state index contributed by atoms with van der Waals surface area (Å²) in [6, 6.07) is 13.6. The van der Waals surface area contributed by atoms with E-state index < -0.39 is 0 Å². The molecule has 0 spiro atoms. The van der Waals surface area contributed by atoms with Crippen LogP contribution in [0.15, 0.2) is 71.8 Å². The van der Waals surface area contributed by atoms with Crippen LogP contribution in [0, 0.1) is 5.41 Å². The predicted octanol–water partition coefficient (Wildman–Crippen LogP) is 8.70. The molecule has 6 heteroatoms. The van der Waals surface area contributed by atoms with E-state index in [1.54, 1.807) is 12.1 Å². The molecule has 1 heterocycles.